The summed E-state index contributed by atoms with van der Waals surface area (Å²) in [7, 11) is 3.27. The number of carbonyl (C=O) groups is 2. The summed E-state index contributed by atoms with van der Waals surface area (Å²) in [5.41, 5.74) is 1.59. The van der Waals surface area contributed by atoms with Gasteiger partial charge in [0.2, 0.25) is 11.8 Å². The number of hydrogen-bond donors (Lipinski definition) is 2. The predicted molar refractivity (Wildman–Crippen MR) is 93.2 cm³/mol. The molecule has 0 aliphatic rings. The molecule has 0 saturated heterocycles. The van der Waals surface area contributed by atoms with Crippen molar-refractivity contribution in [3.8, 4) is 0 Å². The molecule has 0 radical (unpaired) electrons. The van der Waals surface area contributed by atoms with Gasteiger partial charge in [0.05, 0.1) is 0 Å². The zero-order valence-electron chi connectivity index (χ0n) is 12.3. The van der Waals surface area contributed by atoms with Crippen molar-refractivity contribution in [1.29, 1.82) is 0 Å². The van der Waals surface area contributed by atoms with Gasteiger partial charge in [-0.15, -0.1) is 0 Å². The van der Waals surface area contributed by atoms with Crippen LogP contribution in [-0.4, -0.2) is 11.8 Å². The first-order valence-electron chi connectivity index (χ1n) is 6.63. The quantitative estimate of drug-likeness (QED) is 0.797. The summed E-state index contributed by atoms with van der Waals surface area (Å²) >= 11 is 0. The van der Waals surface area contributed by atoms with Crippen molar-refractivity contribution < 1.29 is 9.59 Å². The molecule has 2 amide bonds. The molecule has 0 aliphatic heterocycles. The fraction of sp³-hybridized carbons (Fsp3) is 0.125. The Morgan fingerprint density at radius 2 is 1.00 bits per heavy atom. The van der Waals surface area contributed by atoms with E-state index in [9.17, 15) is 9.59 Å². The minimum atomic E-state index is -0.0750. The van der Waals surface area contributed by atoms with E-state index in [1.54, 1.807) is 21.6 Å². The third-order valence-corrected chi connectivity index (χ3v) is 5.00. The van der Waals surface area contributed by atoms with Crippen LogP contribution in [0.25, 0.3) is 0 Å². The highest BCUT2D eigenvalue weighted by molar-refractivity contribution is 8.76. The van der Waals surface area contributed by atoms with Gasteiger partial charge >= 0.3 is 0 Å². The van der Waals surface area contributed by atoms with Crippen molar-refractivity contribution >= 4 is 44.8 Å². The molecule has 22 heavy (non-hydrogen) atoms. The van der Waals surface area contributed by atoms with Gasteiger partial charge < -0.3 is 10.6 Å². The van der Waals surface area contributed by atoms with Crippen LogP contribution in [0.15, 0.2) is 58.3 Å². The Kier molecular flexibility index (Phi) is 5.91. The molecule has 6 heteroatoms. The van der Waals surface area contributed by atoms with Crippen LogP contribution in [0.2, 0.25) is 0 Å². The van der Waals surface area contributed by atoms with Gasteiger partial charge in [0.1, 0.15) is 0 Å². The average Bonchev–Trinajstić information content (AvgIpc) is 2.47. The Morgan fingerprint density at radius 3 is 1.27 bits per heavy atom. The molecular weight excluding hydrogens is 316 g/mol. The second kappa shape index (κ2) is 7.91. The molecule has 2 N–H and O–H groups in total. The molecule has 0 fully saturated rings. The van der Waals surface area contributed by atoms with Gasteiger partial charge in [0.25, 0.3) is 0 Å². The largest absolute Gasteiger partial charge is 0.326 e. The summed E-state index contributed by atoms with van der Waals surface area (Å²) in [6, 6.07) is 15.4. The zero-order valence-corrected chi connectivity index (χ0v) is 13.9. The molecule has 0 spiro atoms. The van der Waals surface area contributed by atoms with E-state index >= 15 is 0 Å². The number of benzene rings is 2. The number of amides is 2. The van der Waals surface area contributed by atoms with Gasteiger partial charge in [-0.1, -0.05) is 21.6 Å². The van der Waals surface area contributed by atoms with Crippen molar-refractivity contribution in [2.24, 2.45) is 0 Å². The van der Waals surface area contributed by atoms with E-state index in [1.807, 2.05) is 48.5 Å². The SMILES string of the molecule is CC(=O)Nc1ccc(SSc2ccc(NC(C)=O)cc2)cc1. The lowest BCUT2D eigenvalue weighted by atomic mass is 10.3. The fourth-order valence-electron chi connectivity index (χ4n) is 1.69. The Hall–Kier alpha value is -1.92. The van der Waals surface area contributed by atoms with Crippen molar-refractivity contribution in [2.45, 2.75) is 23.6 Å². The standard InChI is InChI=1S/C16H16N2O2S2/c1-11(19)17-13-3-7-15(8-4-13)21-22-16-9-5-14(6-10-16)18-12(2)20/h3-10H,1-2H3,(H,17,19)(H,18,20). The lowest BCUT2D eigenvalue weighted by Gasteiger charge is -2.05. The first-order valence-corrected chi connectivity index (χ1v) is 8.78. The Bertz CT molecular complexity index is 595. The van der Waals surface area contributed by atoms with Crippen LogP contribution < -0.4 is 10.6 Å². The van der Waals surface area contributed by atoms with Gasteiger partial charge in [0, 0.05) is 35.0 Å². The van der Waals surface area contributed by atoms with Crippen LogP contribution in [-0.2, 0) is 9.59 Å². The monoisotopic (exact) mass is 332 g/mol. The van der Waals surface area contributed by atoms with E-state index in [4.69, 9.17) is 0 Å². The normalized spacial score (nSPS) is 10.1. The highest BCUT2D eigenvalue weighted by Gasteiger charge is 2.01. The van der Waals surface area contributed by atoms with E-state index in [0.29, 0.717) is 0 Å². The van der Waals surface area contributed by atoms with Crippen molar-refractivity contribution in [3.63, 3.8) is 0 Å². The van der Waals surface area contributed by atoms with Crippen LogP contribution in [0.1, 0.15) is 13.8 Å². The molecule has 114 valence electrons. The second-order valence-corrected chi connectivity index (χ2v) is 6.85. The lowest BCUT2D eigenvalue weighted by molar-refractivity contribution is -0.115. The maximum atomic E-state index is 11.0. The zero-order chi connectivity index (χ0) is 15.9. The molecule has 0 atom stereocenters. The van der Waals surface area contributed by atoms with Crippen LogP contribution in [0, 0.1) is 0 Å². The van der Waals surface area contributed by atoms with Gasteiger partial charge in [-0.25, -0.2) is 0 Å². The fourth-order valence-corrected chi connectivity index (χ4v) is 3.62. The summed E-state index contributed by atoms with van der Waals surface area (Å²) < 4.78 is 0. The van der Waals surface area contributed by atoms with Crippen LogP contribution in [0.4, 0.5) is 11.4 Å². The summed E-state index contributed by atoms with van der Waals surface area (Å²) in [6.07, 6.45) is 0. The Labute approximate surface area is 137 Å². The van der Waals surface area contributed by atoms with Crippen molar-refractivity contribution in [2.75, 3.05) is 10.6 Å². The Balaban J connectivity index is 1.89. The van der Waals surface area contributed by atoms with Gasteiger partial charge in [-0.05, 0) is 48.5 Å². The number of carbonyl (C=O) groups excluding carboxylic acids is 2. The first-order chi connectivity index (χ1) is 10.5. The molecule has 4 nitrogen and oxygen atoms in total. The maximum absolute atomic E-state index is 11.0. The summed E-state index contributed by atoms with van der Waals surface area (Å²) in [4.78, 5) is 24.1. The van der Waals surface area contributed by atoms with E-state index in [-0.39, 0.29) is 11.8 Å². The topological polar surface area (TPSA) is 58.2 Å². The van der Waals surface area contributed by atoms with Crippen LogP contribution in [0.3, 0.4) is 0 Å². The van der Waals surface area contributed by atoms with Crippen molar-refractivity contribution in [3.05, 3.63) is 48.5 Å². The molecule has 0 aromatic heterocycles. The van der Waals surface area contributed by atoms with E-state index in [1.165, 1.54) is 13.8 Å². The van der Waals surface area contributed by atoms with Gasteiger partial charge in [-0.2, -0.15) is 0 Å². The van der Waals surface area contributed by atoms with Gasteiger partial charge in [0.15, 0.2) is 0 Å². The smallest absolute Gasteiger partial charge is 0.221 e. The number of rotatable bonds is 5. The first kappa shape index (κ1) is 16.5. The third kappa shape index (κ3) is 5.46. The van der Waals surface area contributed by atoms with E-state index in [2.05, 4.69) is 10.6 Å². The third-order valence-electron chi connectivity index (χ3n) is 2.58. The average molecular weight is 332 g/mol. The summed E-state index contributed by atoms with van der Waals surface area (Å²) in [6.45, 7) is 2.98. The van der Waals surface area contributed by atoms with Crippen molar-refractivity contribution in [1.82, 2.24) is 0 Å². The summed E-state index contributed by atoms with van der Waals surface area (Å²) in [5.74, 6) is -0.150. The summed E-state index contributed by atoms with van der Waals surface area (Å²) in [5, 5.41) is 5.48. The van der Waals surface area contributed by atoms with E-state index < -0.39 is 0 Å². The minimum Gasteiger partial charge on any atom is -0.326 e. The number of anilines is 2. The molecular formula is C16H16N2O2S2. The molecule has 0 bridgehead atoms. The van der Waals surface area contributed by atoms with Crippen LogP contribution >= 0.6 is 21.6 Å². The maximum Gasteiger partial charge on any atom is 0.221 e. The molecule has 0 unspecified atom stereocenters. The second-order valence-electron chi connectivity index (χ2n) is 4.58. The molecule has 2 aromatic rings. The highest BCUT2D eigenvalue weighted by Crippen LogP contribution is 2.37. The molecule has 0 saturated carbocycles. The molecule has 0 aliphatic carbocycles. The molecule has 2 rings (SSSR count). The Morgan fingerprint density at radius 1 is 0.682 bits per heavy atom. The number of hydrogen-bond acceptors (Lipinski definition) is 4. The van der Waals surface area contributed by atoms with E-state index in [0.717, 1.165) is 21.2 Å². The minimum absolute atomic E-state index is 0.0750. The lowest BCUT2D eigenvalue weighted by Crippen LogP contribution is -2.05. The van der Waals surface area contributed by atoms with Gasteiger partial charge in [-0.3, -0.25) is 9.59 Å². The number of nitrogens with one attached hydrogen (secondary N) is 2. The molecule has 0 heterocycles. The predicted octanol–water partition coefficient (Wildman–Crippen LogP) is 4.40. The van der Waals surface area contributed by atoms with Crippen LogP contribution in [0.5, 0.6) is 0 Å². The highest BCUT2D eigenvalue weighted by atomic mass is 33.1. The molecule has 2 aromatic carbocycles.